The molecular weight excluding hydrogens is 264 g/mol. The Morgan fingerprint density at radius 3 is 2.62 bits per heavy atom. The first kappa shape index (κ1) is 15.0. The van der Waals surface area contributed by atoms with Crippen molar-refractivity contribution in [3.8, 4) is 5.75 Å². The maximum atomic E-state index is 12.4. The number of pyridine rings is 1. The molecule has 0 saturated carbocycles. The van der Waals surface area contributed by atoms with Crippen LogP contribution < -0.4 is 10.1 Å². The molecule has 0 aliphatic heterocycles. The number of nitrogens with one attached hydrogen (secondary N) is 1. The molecule has 0 aliphatic carbocycles. The van der Waals surface area contributed by atoms with Crippen molar-refractivity contribution in [3.05, 3.63) is 58.9 Å². The number of amides is 1. The molecule has 1 amide bonds. The van der Waals surface area contributed by atoms with Gasteiger partial charge in [0.1, 0.15) is 5.75 Å². The molecule has 0 fully saturated rings. The first-order valence-corrected chi connectivity index (χ1v) is 6.89. The van der Waals surface area contributed by atoms with Gasteiger partial charge in [-0.05, 0) is 44.5 Å². The van der Waals surface area contributed by atoms with E-state index >= 15 is 0 Å². The summed E-state index contributed by atoms with van der Waals surface area (Å²) in [6.45, 7) is 5.82. The van der Waals surface area contributed by atoms with Gasteiger partial charge >= 0.3 is 0 Å². The number of methoxy groups -OCH3 is 1. The second kappa shape index (κ2) is 6.39. The zero-order valence-electron chi connectivity index (χ0n) is 12.8. The SMILES string of the molecule is COc1ccc(C)cc1C(=O)N[C@@H](C)c1ccc(C)nc1. The van der Waals surface area contributed by atoms with Crippen LogP contribution in [0.5, 0.6) is 5.75 Å². The molecule has 1 heterocycles. The van der Waals surface area contributed by atoms with Gasteiger partial charge in [0, 0.05) is 11.9 Å². The summed E-state index contributed by atoms with van der Waals surface area (Å²) in [7, 11) is 1.56. The molecule has 0 unspecified atom stereocenters. The summed E-state index contributed by atoms with van der Waals surface area (Å²) in [6, 6.07) is 9.35. The zero-order chi connectivity index (χ0) is 15.4. The van der Waals surface area contributed by atoms with Crippen molar-refractivity contribution < 1.29 is 9.53 Å². The molecule has 4 heteroatoms. The van der Waals surface area contributed by atoms with E-state index in [-0.39, 0.29) is 11.9 Å². The molecule has 2 rings (SSSR count). The van der Waals surface area contributed by atoms with Crippen LogP contribution in [-0.2, 0) is 0 Å². The molecule has 0 bridgehead atoms. The van der Waals surface area contributed by atoms with Crippen molar-refractivity contribution in [1.29, 1.82) is 0 Å². The lowest BCUT2D eigenvalue weighted by Gasteiger charge is -2.16. The molecule has 0 saturated heterocycles. The monoisotopic (exact) mass is 284 g/mol. The van der Waals surface area contributed by atoms with Gasteiger partial charge in [-0.1, -0.05) is 17.7 Å². The topological polar surface area (TPSA) is 51.2 Å². The molecule has 1 aromatic carbocycles. The Morgan fingerprint density at radius 1 is 1.24 bits per heavy atom. The lowest BCUT2D eigenvalue weighted by atomic mass is 10.1. The van der Waals surface area contributed by atoms with Crippen molar-refractivity contribution in [3.63, 3.8) is 0 Å². The predicted molar refractivity (Wildman–Crippen MR) is 82.6 cm³/mol. The number of aryl methyl sites for hydroxylation is 2. The summed E-state index contributed by atoms with van der Waals surface area (Å²) in [4.78, 5) is 16.7. The first-order valence-electron chi connectivity index (χ1n) is 6.89. The van der Waals surface area contributed by atoms with Crippen LogP contribution in [0.3, 0.4) is 0 Å². The van der Waals surface area contributed by atoms with E-state index in [9.17, 15) is 4.79 Å². The third-order valence-corrected chi connectivity index (χ3v) is 3.38. The number of carbonyl (C=O) groups excluding carboxylic acids is 1. The summed E-state index contributed by atoms with van der Waals surface area (Å²) in [5, 5.41) is 2.97. The van der Waals surface area contributed by atoms with Gasteiger partial charge in [0.2, 0.25) is 0 Å². The molecule has 1 atom stereocenters. The number of hydrogen-bond acceptors (Lipinski definition) is 3. The van der Waals surface area contributed by atoms with E-state index in [2.05, 4.69) is 10.3 Å². The van der Waals surface area contributed by atoms with E-state index in [0.717, 1.165) is 16.8 Å². The molecule has 4 nitrogen and oxygen atoms in total. The normalized spacial score (nSPS) is 11.8. The van der Waals surface area contributed by atoms with E-state index in [1.807, 2.05) is 51.1 Å². The van der Waals surface area contributed by atoms with Gasteiger partial charge in [0.05, 0.1) is 18.7 Å². The van der Waals surface area contributed by atoms with Crippen molar-refractivity contribution >= 4 is 5.91 Å². The maximum absolute atomic E-state index is 12.4. The standard InChI is InChI=1S/C17H20N2O2/c1-11-5-8-16(21-4)15(9-11)17(20)19-13(3)14-7-6-12(2)18-10-14/h5-10,13H,1-4H3,(H,19,20)/t13-/m0/s1. The molecular formula is C17H20N2O2. The smallest absolute Gasteiger partial charge is 0.255 e. The third-order valence-electron chi connectivity index (χ3n) is 3.38. The van der Waals surface area contributed by atoms with E-state index in [1.165, 1.54) is 0 Å². The summed E-state index contributed by atoms with van der Waals surface area (Å²) >= 11 is 0. The quantitative estimate of drug-likeness (QED) is 0.938. The van der Waals surface area contributed by atoms with Crippen LogP contribution in [0, 0.1) is 13.8 Å². The number of carbonyl (C=O) groups is 1. The molecule has 0 spiro atoms. The maximum Gasteiger partial charge on any atom is 0.255 e. The molecule has 110 valence electrons. The molecule has 21 heavy (non-hydrogen) atoms. The van der Waals surface area contributed by atoms with Crippen molar-refractivity contribution in [1.82, 2.24) is 10.3 Å². The fourth-order valence-corrected chi connectivity index (χ4v) is 2.09. The Hall–Kier alpha value is -2.36. The molecule has 2 aromatic rings. The van der Waals surface area contributed by atoms with Gasteiger partial charge in [-0.3, -0.25) is 9.78 Å². The van der Waals surface area contributed by atoms with Gasteiger partial charge in [0.15, 0.2) is 0 Å². The van der Waals surface area contributed by atoms with E-state index in [4.69, 9.17) is 4.74 Å². The fourth-order valence-electron chi connectivity index (χ4n) is 2.09. The Balaban J connectivity index is 2.17. The van der Waals surface area contributed by atoms with Crippen molar-refractivity contribution in [2.24, 2.45) is 0 Å². The molecule has 0 aliphatic rings. The average molecular weight is 284 g/mol. The lowest BCUT2D eigenvalue weighted by Crippen LogP contribution is -2.27. The number of benzene rings is 1. The highest BCUT2D eigenvalue weighted by Gasteiger charge is 2.15. The Bertz CT molecular complexity index is 636. The fraction of sp³-hybridized carbons (Fsp3) is 0.294. The van der Waals surface area contributed by atoms with Crippen LogP contribution in [-0.4, -0.2) is 18.0 Å². The van der Waals surface area contributed by atoms with Crippen LogP contribution in [0.25, 0.3) is 0 Å². The van der Waals surface area contributed by atoms with Gasteiger partial charge < -0.3 is 10.1 Å². The van der Waals surface area contributed by atoms with Crippen molar-refractivity contribution in [2.45, 2.75) is 26.8 Å². The summed E-state index contributed by atoms with van der Waals surface area (Å²) in [5.74, 6) is 0.427. The number of hydrogen-bond donors (Lipinski definition) is 1. The summed E-state index contributed by atoms with van der Waals surface area (Å²) in [6.07, 6.45) is 1.79. The van der Waals surface area contributed by atoms with Gasteiger partial charge in [-0.25, -0.2) is 0 Å². The Morgan fingerprint density at radius 2 is 2.00 bits per heavy atom. The van der Waals surface area contributed by atoms with Crippen LogP contribution in [0.1, 0.15) is 40.1 Å². The molecule has 0 radical (unpaired) electrons. The van der Waals surface area contributed by atoms with Gasteiger partial charge in [-0.15, -0.1) is 0 Å². The largest absolute Gasteiger partial charge is 0.496 e. The minimum Gasteiger partial charge on any atom is -0.496 e. The van der Waals surface area contributed by atoms with Gasteiger partial charge in [0.25, 0.3) is 5.91 Å². The second-order valence-corrected chi connectivity index (χ2v) is 5.13. The van der Waals surface area contributed by atoms with E-state index in [1.54, 1.807) is 13.3 Å². The highest BCUT2D eigenvalue weighted by Crippen LogP contribution is 2.21. The number of rotatable bonds is 4. The lowest BCUT2D eigenvalue weighted by molar-refractivity contribution is 0.0936. The molecule has 1 N–H and O–H groups in total. The predicted octanol–water partition coefficient (Wildman–Crippen LogP) is 3.20. The first-order chi connectivity index (χ1) is 10.0. The minimum absolute atomic E-state index is 0.115. The highest BCUT2D eigenvalue weighted by molar-refractivity contribution is 5.97. The summed E-state index contributed by atoms with van der Waals surface area (Å²) in [5.41, 5.74) is 3.49. The van der Waals surface area contributed by atoms with Crippen LogP contribution >= 0.6 is 0 Å². The third kappa shape index (κ3) is 3.60. The zero-order valence-corrected chi connectivity index (χ0v) is 12.8. The highest BCUT2D eigenvalue weighted by atomic mass is 16.5. The van der Waals surface area contributed by atoms with E-state index < -0.39 is 0 Å². The minimum atomic E-state index is -0.149. The van der Waals surface area contributed by atoms with Crippen molar-refractivity contribution in [2.75, 3.05) is 7.11 Å². The Labute approximate surface area is 125 Å². The number of ether oxygens (including phenoxy) is 1. The second-order valence-electron chi connectivity index (χ2n) is 5.13. The van der Waals surface area contributed by atoms with Crippen LogP contribution in [0.4, 0.5) is 0 Å². The number of nitrogens with zero attached hydrogens (tertiary/aromatic N) is 1. The summed E-state index contributed by atoms with van der Waals surface area (Å²) < 4.78 is 5.25. The average Bonchev–Trinajstić information content (AvgIpc) is 2.47. The molecule has 1 aromatic heterocycles. The Kier molecular flexibility index (Phi) is 4.58. The van der Waals surface area contributed by atoms with Crippen LogP contribution in [0.2, 0.25) is 0 Å². The van der Waals surface area contributed by atoms with E-state index in [0.29, 0.717) is 11.3 Å². The van der Waals surface area contributed by atoms with Crippen LogP contribution in [0.15, 0.2) is 36.5 Å². The van der Waals surface area contributed by atoms with Gasteiger partial charge in [-0.2, -0.15) is 0 Å². The number of aromatic nitrogens is 1.